The lowest BCUT2D eigenvalue weighted by molar-refractivity contribution is 0.0911. The molecule has 51 heavy (non-hydrogen) atoms. The number of anilines is 3. The van der Waals surface area contributed by atoms with Crippen molar-refractivity contribution in [2.75, 3.05) is 57.4 Å². The van der Waals surface area contributed by atoms with Gasteiger partial charge in [-0.1, -0.05) is 0 Å². The summed E-state index contributed by atoms with van der Waals surface area (Å²) in [5, 5.41) is 0. The quantitative estimate of drug-likeness (QED) is 0.230. The maximum atomic E-state index is 13.8. The number of rotatable bonds is 9. The van der Waals surface area contributed by atoms with Gasteiger partial charge in [0.15, 0.2) is 34.5 Å². The van der Waals surface area contributed by atoms with E-state index < -0.39 is 53.3 Å². The summed E-state index contributed by atoms with van der Waals surface area (Å²) in [5.74, 6) is -6.81. The van der Waals surface area contributed by atoms with Gasteiger partial charge in [0, 0.05) is 0 Å². The molecule has 3 aliphatic heterocycles. The van der Waals surface area contributed by atoms with Crippen LogP contribution >= 0.6 is 0 Å². The molecule has 0 radical (unpaired) electrons. The van der Waals surface area contributed by atoms with Gasteiger partial charge in [0.2, 0.25) is 17.8 Å². The molecule has 0 atom stereocenters. The molecular formula is C33H24N6O12. The van der Waals surface area contributed by atoms with Crippen LogP contribution in [0.4, 0.5) is 17.8 Å². The lowest BCUT2D eigenvalue weighted by Crippen LogP contribution is -2.37. The molecule has 1 aromatic heterocycles. The van der Waals surface area contributed by atoms with E-state index in [1.54, 1.807) is 0 Å². The SMILES string of the molecule is COc1cc2c(cc1OC)C(=O)N(c1nc(N3C(=O)c4cc(OC)c(OC)cc4C3=O)nc(N3C(=O)c4cc(OC)c(OC)cc4C3=O)n1)C2=O. The smallest absolute Gasteiger partial charge is 0.268 e. The molecule has 0 unspecified atom stereocenters. The van der Waals surface area contributed by atoms with E-state index in [0.29, 0.717) is 14.7 Å². The molecule has 258 valence electrons. The Labute approximate surface area is 287 Å². The number of aromatic nitrogens is 3. The average Bonchev–Trinajstić information content (AvgIpc) is 3.65. The number of benzene rings is 3. The molecule has 18 heteroatoms. The first-order valence-corrected chi connectivity index (χ1v) is 14.7. The minimum absolute atomic E-state index is 0.110. The fourth-order valence-corrected chi connectivity index (χ4v) is 5.89. The first-order valence-electron chi connectivity index (χ1n) is 14.7. The number of hydrogen-bond acceptors (Lipinski definition) is 15. The van der Waals surface area contributed by atoms with Gasteiger partial charge in [0.25, 0.3) is 35.4 Å². The summed E-state index contributed by atoms with van der Waals surface area (Å²) in [5.41, 5.74) is -0.661. The van der Waals surface area contributed by atoms with Crippen molar-refractivity contribution in [3.63, 3.8) is 0 Å². The second-order valence-corrected chi connectivity index (χ2v) is 10.8. The van der Waals surface area contributed by atoms with Crippen LogP contribution in [0.2, 0.25) is 0 Å². The second-order valence-electron chi connectivity index (χ2n) is 10.8. The highest BCUT2D eigenvalue weighted by atomic mass is 16.5. The number of nitrogens with zero attached hydrogens (tertiary/aromatic N) is 6. The van der Waals surface area contributed by atoms with Crippen LogP contribution in [-0.4, -0.2) is 93.1 Å². The minimum Gasteiger partial charge on any atom is -0.493 e. The van der Waals surface area contributed by atoms with E-state index in [-0.39, 0.29) is 67.9 Å². The Kier molecular flexibility index (Phi) is 7.50. The van der Waals surface area contributed by atoms with E-state index in [4.69, 9.17) is 28.4 Å². The van der Waals surface area contributed by atoms with Crippen LogP contribution in [-0.2, 0) is 0 Å². The van der Waals surface area contributed by atoms with Crippen molar-refractivity contribution in [2.24, 2.45) is 0 Å². The summed E-state index contributed by atoms with van der Waals surface area (Å²) in [6, 6.07) is 7.71. The Bertz CT molecular complexity index is 1900. The highest BCUT2D eigenvalue weighted by Crippen LogP contribution is 2.40. The Balaban J connectivity index is 1.40. The van der Waals surface area contributed by atoms with Crippen molar-refractivity contribution in [1.29, 1.82) is 0 Å². The van der Waals surface area contributed by atoms with Gasteiger partial charge in [-0.05, 0) is 36.4 Å². The molecule has 0 spiro atoms. The molecule has 3 aromatic carbocycles. The van der Waals surface area contributed by atoms with Gasteiger partial charge in [0.05, 0.1) is 76.0 Å². The number of hydrogen-bond donors (Lipinski definition) is 0. The molecule has 3 aliphatic rings. The molecule has 0 aliphatic carbocycles. The zero-order valence-electron chi connectivity index (χ0n) is 27.5. The largest absolute Gasteiger partial charge is 0.493 e. The fourth-order valence-electron chi connectivity index (χ4n) is 5.89. The van der Waals surface area contributed by atoms with Gasteiger partial charge in [-0.25, -0.2) is 14.7 Å². The van der Waals surface area contributed by atoms with Crippen LogP contribution in [0, 0.1) is 0 Å². The summed E-state index contributed by atoms with van der Waals surface area (Å²) in [7, 11) is 8.05. The lowest BCUT2D eigenvalue weighted by atomic mass is 10.1. The van der Waals surface area contributed by atoms with Crippen LogP contribution < -0.4 is 43.1 Å². The van der Waals surface area contributed by atoms with E-state index >= 15 is 0 Å². The van der Waals surface area contributed by atoms with Crippen molar-refractivity contribution in [3.05, 3.63) is 69.8 Å². The maximum Gasteiger partial charge on any atom is 0.268 e. The van der Waals surface area contributed by atoms with Crippen LogP contribution in [0.25, 0.3) is 0 Å². The van der Waals surface area contributed by atoms with Gasteiger partial charge in [0.1, 0.15) is 0 Å². The van der Waals surface area contributed by atoms with E-state index in [2.05, 4.69) is 15.0 Å². The predicted octanol–water partition coefficient (Wildman–Crippen LogP) is 2.33. The highest BCUT2D eigenvalue weighted by Gasteiger charge is 2.46. The van der Waals surface area contributed by atoms with Gasteiger partial charge in [-0.15, -0.1) is 0 Å². The summed E-state index contributed by atoms with van der Waals surface area (Å²) in [6.07, 6.45) is 0. The first-order chi connectivity index (χ1) is 24.5. The van der Waals surface area contributed by atoms with Crippen LogP contribution in [0.5, 0.6) is 34.5 Å². The molecule has 4 heterocycles. The summed E-state index contributed by atoms with van der Waals surface area (Å²) < 4.78 is 31.7. The average molecular weight is 697 g/mol. The van der Waals surface area contributed by atoms with Gasteiger partial charge < -0.3 is 28.4 Å². The van der Waals surface area contributed by atoms with Gasteiger partial charge >= 0.3 is 0 Å². The Morgan fingerprint density at radius 2 is 0.490 bits per heavy atom. The zero-order valence-corrected chi connectivity index (χ0v) is 27.5. The standard InChI is InChI=1S/C33H24N6O12/c1-46-19-7-13-14(8-20(19)47-2)26(41)37(25(13)40)31-34-32(38-27(42)15-9-21(48-3)22(49-4)10-16(15)28(38)43)36-33(35-31)39-29(44)17-11-23(50-5)24(51-6)12-18(17)30(39)45/h7-12H,1-6H3. The van der Waals surface area contributed by atoms with Crippen LogP contribution in [0.1, 0.15) is 62.1 Å². The zero-order chi connectivity index (χ0) is 36.5. The number of fused-ring (bicyclic) bond motifs is 3. The van der Waals surface area contributed by atoms with E-state index in [0.717, 1.165) is 0 Å². The molecule has 0 bridgehead atoms. The summed E-state index contributed by atoms with van der Waals surface area (Å²) in [6.45, 7) is 0. The predicted molar refractivity (Wildman–Crippen MR) is 172 cm³/mol. The molecule has 4 aromatic rings. The Morgan fingerprint density at radius 1 is 0.333 bits per heavy atom. The third kappa shape index (κ3) is 4.60. The molecule has 6 amide bonds. The Morgan fingerprint density at radius 3 is 0.627 bits per heavy atom. The third-order valence-corrected chi connectivity index (χ3v) is 8.37. The number of carbonyl (C=O) groups is 6. The van der Waals surface area contributed by atoms with Crippen LogP contribution in [0.3, 0.4) is 0 Å². The molecular weight excluding hydrogens is 672 g/mol. The molecule has 0 saturated carbocycles. The van der Waals surface area contributed by atoms with E-state index in [1.807, 2.05) is 0 Å². The number of ether oxygens (including phenoxy) is 6. The maximum absolute atomic E-state index is 13.8. The lowest BCUT2D eigenvalue weighted by Gasteiger charge is -2.19. The number of imide groups is 3. The minimum atomic E-state index is -0.923. The van der Waals surface area contributed by atoms with E-state index in [1.165, 1.54) is 79.1 Å². The number of amides is 6. The van der Waals surface area contributed by atoms with Crippen molar-refractivity contribution in [1.82, 2.24) is 15.0 Å². The van der Waals surface area contributed by atoms with Crippen molar-refractivity contribution < 1.29 is 57.2 Å². The summed E-state index contributed by atoms with van der Waals surface area (Å²) >= 11 is 0. The van der Waals surface area contributed by atoms with Crippen LogP contribution in [0.15, 0.2) is 36.4 Å². The number of methoxy groups -OCH3 is 6. The fraction of sp³-hybridized carbons (Fsp3) is 0.182. The summed E-state index contributed by atoms with van der Waals surface area (Å²) in [4.78, 5) is 97.0. The normalized spacial score (nSPS) is 14.6. The first kappa shape index (κ1) is 32.4. The highest BCUT2D eigenvalue weighted by molar-refractivity contribution is 6.37. The molecule has 0 fully saturated rings. The monoisotopic (exact) mass is 696 g/mol. The Hall–Kier alpha value is -7.11. The van der Waals surface area contributed by atoms with Gasteiger partial charge in [-0.3, -0.25) is 28.8 Å². The van der Waals surface area contributed by atoms with Crippen molar-refractivity contribution in [3.8, 4) is 34.5 Å². The topological polar surface area (TPSA) is 206 Å². The molecule has 7 rings (SSSR count). The molecule has 0 saturated heterocycles. The molecule has 0 N–H and O–H groups in total. The number of carbonyl (C=O) groups excluding carboxylic acids is 6. The van der Waals surface area contributed by atoms with Crippen molar-refractivity contribution >= 4 is 53.3 Å². The van der Waals surface area contributed by atoms with Crippen molar-refractivity contribution in [2.45, 2.75) is 0 Å². The van der Waals surface area contributed by atoms with Gasteiger partial charge in [-0.2, -0.15) is 15.0 Å². The van der Waals surface area contributed by atoms with E-state index in [9.17, 15) is 28.8 Å². The second kappa shape index (κ2) is 11.8. The third-order valence-electron chi connectivity index (χ3n) is 8.37. The molecule has 18 nitrogen and oxygen atoms in total.